The van der Waals surface area contributed by atoms with Crippen LogP contribution in [0.5, 0.6) is 0 Å². The highest BCUT2D eigenvalue weighted by Crippen LogP contribution is 2.17. The Kier molecular flexibility index (Phi) is 7.06. The van der Waals surface area contributed by atoms with Crippen molar-refractivity contribution < 1.29 is 4.79 Å². The Bertz CT molecular complexity index is 212. The molecule has 2 amide bonds. The third-order valence-corrected chi connectivity index (χ3v) is 3.56. The number of unbranched alkanes of at least 4 members (excludes halogenated alkanes) is 2. The van der Waals surface area contributed by atoms with Crippen LogP contribution in [-0.4, -0.2) is 18.1 Å². The van der Waals surface area contributed by atoms with Gasteiger partial charge >= 0.3 is 6.03 Å². The van der Waals surface area contributed by atoms with E-state index in [1.54, 1.807) is 0 Å². The third kappa shape index (κ3) is 6.54. The van der Waals surface area contributed by atoms with Crippen molar-refractivity contribution in [2.24, 2.45) is 0 Å². The van der Waals surface area contributed by atoms with Crippen LogP contribution < -0.4 is 10.6 Å². The highest BCUT2D eigenvalue weighted by atomic mass is 16.2. The Morgan fingerprint density at radius 1 is 1.24 bits per heavy atom. The summed E-state index contributed by atoms with van der Waals surface area (Å²) in [5.41, 5.74) is 0. The van der Waals surface area contributed by atoms with Gasteiger partial charge in [-0.15, -0.1) is 0 Å². The fraction of sp³-hybridized carbons (Fsp3) is 0.929. The number of nitrogens with one attached hydrogen (secondary N) is 2. The van der Waals surface area contributed by atoms with E-state index in [9.17, 15) is 4.79 Å². The average Bonchev–Trinajstić information content (AvgIpc) is 2.30. The summed E-state index contributed by atoms with van der Waals surface area (Å²) in [5.74, 6) is 0. The van der Waals surface area contributed by atoms with Crippen molar-refractivity contribution in [3.63, 3.8) is 0 Å². The van der Waals surface area contributed by atoms with Gasteiger partial charge in [0.15, 0.2) is 0 Å². The van der Waals surface area contributed by atoms with Gasteiger partial charge in [0, 0.05) is 12.1 Å². The van der Waals surface area contributed by atoms with E-state index in [4.69, 9.17) is 0 Å². The summed E-state index contributed by atoms with van der Waals surface area (Å²) < 4.78 is 0. The van der Waals surface area contributed by atoms with E-state index in [-0.39, 0.29) is 6.03 Å². The van der Waals surface area contributed by atoms with Crippen molar-refractivity contribution in [3.05, 3.63) is 0 Å². The summed E-state index contributed by atoms with van der Waals surface area (Å²) >= 11 is 0. The number of hydrogen-bond acceptors (Lipinski definition) is 1. The lowest BCUT2D eigenvalue weighted by Gasteiger charge is -2.24. The standard InChI is InChI=1S/C14H28N2O/c1-3-4-6-9-12(2)15-14(17)16-13-10-7-5-8-11-13/h12-13H,3-11H2,1-2H3,(H2,15,16,17)/t12-/m0/s1. The van der Waals surface area contributed by atoms with Gasteiger partial charge in [0.1, 0.15) is 0 Å². The summed E-state index contributed by atoms with van der Waals surface area (Å²) in [6, 6.07) is 0.734. The second-order valence-electron chi connectivity index (χ2n) is 5.35. The number of urea groups is 1. The monoisotopic (exact) mass is 240 g/mol. The van der Waals surface area contributed by atoms with E-state index < -0.39 is 0 Å². The highest BCUT2D eigenvalue weighted by molar-refractivity contribution is 5.74. The smallest absolute Gasteiger partial charge is 0.315 e. The first-order valence-electron chi connectivity index (χ1n) is 7.29. The molecule has 2 N–H and O–H groups in total. The molecule has 3 heteroatoms. The van der Waals surface area contributed by atoms with Crippen molar-refractivity contribution in [2.45, 2.75) is 83.7 Å². The predicted octanol–water partition coefficient (Wildman–Crippen LogP) is 3.59. The molecule has 1 aliphatic carbocycles. The molecule has 0 spiro atoms. The SMILES string of the molecule is CCCCC[C@H](C)NC(=O)NC1CCCCC1. The molecule has 1 rings (SSSR count). The molecule has 100 valence electrons. The molecule has 1 fully saturated rings. The van der Waals surface area contributed by atoms with Crippen LogP contribution in [0.2, 0.25) is 0 Å². The highest BCUT2D eigenvalue weighted by Gasteiger charge is 2.16. The number of carbonyl (C=O) groups is 1. The maximum absolute atomic E-state index is 11.7. The molecule has 0 saturated heterocycles. The summed E-state index contributed by atoms with van der Waals surface area (Å²) in [7, 11) is 0. The first-order chi connectivity index (χ1) is 8.22. The van der Waals surface area contributed by atoms with Crippen molar-refractivity contribution in [1.29, 1.82) is 0 Å². The molecule has 0 aromatic carbocycles. The van der Waals surface area contributed by atoms with Crippen LogP contribution in [0, 0.1) is 0 Å². The minimum atomic E-state index is 0.0286. The Morgan fingerprint density at radius 3 is 2.59 bits per heavy atom. The number of amides is 2. The molecule has 0 bridgehead atoms. The molecule has 0 aromatic heterocycles. The van der Waals surface area contributed by atoms with Gasteiger partial charge in [-0.05, 0) is 26.2 Å². The second kappa shape index (κ2) is 8.37. The minimum absolute atomic E-state index is 0.0286. The van der Waals surface area contributed by atoms with Crippen LogP contribution in [0.25, 0.3) is 0 Å². The first-order valence-corrected chi connectivity index (χ1v) is 7.29. The fourth-order valence-corrected chi connectivity index (χ4v) is 2.47. The lowest BCUT2D eigenvalue weighted by molar-refractivity contribution is 0.228. The maximum atomic E-state index is 11.7. The van der Waals surface area contributed by atoms with Crippen LogP contribution in [0.3, 0.4) is 0 Å². The lowest BCUT2D eigenvalue weighted by atomic mass is 9.96. The summed E-state index contributed by atoms with van der Waals surface area (Å²) in [4.78, 5) is 11.7. The Labute approximate surface area is 106 Å². The van der Waals surface area contributed by atoms with Crippen LogP contribution in [-0.2, 0) is 0 Å². The molecule has 17 heavy (non-hydrogen) atoms. The van der Waals surface area contributed by atoms with Crippen LogP contribution in [0.15, 0.2) is 0 Å². The molecule has 1 saturated carbocycles. The van der Waals surface area contributed by atoms with Crippen molar-refractivity contribution >= 4 is 6.03 Å². The van der Waals surface area contributed by atoms with Crippen molar-refractivity contribution in [2.75, 3.05) is 0 Å². The number of rotatable bonds is 6. The fourth-order valence-electron chi connectivity index (χ4n) is 2.47. The van der Waals surface area contributed by atoms with Crippen molar-refractivity contribution in [3.8, 4) is 0 Å². The molecule has 0 heterocycles. The Morgan fingerprint density at radius 2 is 1.94 bits per heavy atom. The molecule has 0 aromatic rings. The molecule has 3 nitrogen and oxygen atoms in total. The summed E-state index contributed by atoms with van der Waals surface area (Å²) in [5, 5.41) is 6.13. The van der Waals surface area contributed by atoms with Gasteiger partial charge in [0.05, 0.1) is 0 Å². The molecular weight excluding hydrogens is 212 g/mol. The van der Waals surface area contributed by atoms with Gasteiger partial charge in [-0.1, -0.05) is 45.4 Å². The zero-order valence-electron chi connectivity index (χ0n) is 11.4. The predicted molar refractivity (Wildman–Crippen MR) is 72.1 cm³/mol. The lowest BCUT2D eigenvalue weighted by Crippen LogP contribution is -2.45. The Hall–Kier alpha value is -0.730. The molecule has 0 unspecified atom stereocenters. The zero-order chi connectivity index (χ0) is 12.5. The summed E-state index contributed by atoms with van der Waals surface area (Å²) in [6.45, 7) is 4.30. The molecular formula is C14H28N2O. The third-order valence-electron chi connectivity index (χ3n) is 3.56. The molecule has 1 atom stereocenters. The van der Waals surface area contributed by atoms with Crippen LogP contribution in [0.1, 0.15) is 71.6 Å². The number of hydrogen-bond donors (Lipinski definition) is 2. The molecule has 0 radical (unpaired) electrons. The van der Waals surface area contributed by atoms with E-state index in [0.29, 0.717) is 12.1 Å². The maximum Gasteiger partial charge on any atom is 0.315 e. The van der Waals surface area contributed by atoms with E-state index in [1.165, 1.54) is 38.5 Å². The van der Waals surface area contributed by atoms with E-state index in [2.05, 4.69) is 24.5 Å². The Balaban J connectivity index is 2.10. The van der Waals surface area contributed by atoms with E-state index in [0.717, 1.165) is 19.3 Å². The number of carbonyl (C=O) groups excluding carboxylic acids is 1. The normalized spacial score (nSPS) is 18.7. The largest absolute Gasteiger partial charge is 0.336 e. The van der Waals surface area contributed by atoms with Crippen molar-refractivity contribution in [1.82, 2.24) is 10.6 Å². The quantitative estimate of drug-likeness (QED) is 0.684. The second-order valence-corrected chi connectivity index (χ2v) is 5.35. The van der Waals surface area contributed by atoms with Crippen LogP contribution >= 0.6 is 0 Å². The molecule has 1 aliphatic rings. The van der Waals surface area contributed by atoms with E-state index >= 15 is 0 Å². The van der Waals surface area contributed by atoms with Gasteiger partial charge in [0.2, 0.25) is 0 Å². The van der Waals surface area contributed by atoms with E-state index in [1.807, 2.05) is 0 Å². The first kappa shape index (κ1) is 14.3. The van der Waals surface area contributed by atoms with Gasteiger partial charge in [-0.3, -0.25) is 0 Å². The van der Waals surface area contributed by atoms with Gasteiger partial charge < -0.3 is 10.6 Å². The van der Waals surface area contributed by atoms with Crippen LogP contribution in [0.4, 0.5) is 4.79 Å². The van der Waals surface area contributed by atoms with Gasteiger partial charge in [-0.25, -0.2) is 4.79 Å². The minimum Gasteiger partial charge on any atom is -0.336 e. The average molecular weight is 240 g/mol. The van der Waals surface area contributed by atoms with Gasteiger partial charge in [-0.2, -0.15) is 0 Å². The topological polar surface area (TPSA) is 41.1 Å². The summed E-state index contributed by atoms with van der Waals surface area (Å²) in [6.07, 6.45) is 10.9. The zero-order valence-corrected chi connectivity index (χ0v) is 11.4. The van der Waals surface area contributed by atoms with Gasteiger partial charge in [0.25, 0.3) is 0 Å². The molecule has 0 aliphatic heterocycles.